The van der Waals surface area contributed by atoms with Crippen LogP contribution >= 0.6 is 0 Å². The van der Waals surface area contributed by atoms with Gasteiger partial charge in [0.25, 0.3) is 0 Å². The SMILES string of the molecule is C=C1C[C@@]23CC[C@H]4[C@@](C)(CCC[C@@]4(C)C(=O)NCC(=O)O)[C@@H]2CC[C@]1(O[C@@H]1O[C@H](CO)[C@@H](O)[C@H](O[C@@H]2O[C@H](CO)[C@@H](O)[C@H](O)[C@H]2O)[C@H]1O[C@@H]1O[C@H](CO)[C@@H](O)[C@H](O)[C@H]1O)C3. The number of carbonyl (C=O) groups excluding carboxylic acids is 1. The highest BCUT2D eigenvalue weighted by atomic mass is 16.8. The molecule has 60 heavy (non-hydrogen) atoms. The maximum atomic E-state index is 13.6. The Morgan fingerprint density at radius 2 is 1.23 bits per heavy atom. The molecule has 342 valence electrons. The summed E-state index contributed by atoms with van der Waals surface area (Å²) in [6, 6.07) is 0. The van der Waals surface area contributed by atoms with Crippen molar-refractivity contribution in [3.8, 4) is 0 Å². The molecule has 20 heteroatoms. The summed E-state index contributed by atoms with van der Waals surface area (Å²) in [5, 5.41) is 118. The number of ether oxygens (including phenoxy) is 6. The molecule has 21 atom stereocenters. The lowest BCUT2D eigenvalue weighted by molar-refractivity contribution is -0.400. The molecule has 7 aliphatic rings. The van der Waals surface area contributed by atoms with Crippen molar-refractivity contribution in [1.29, 1.82) is 0 Å². The van der Waals surface area contributed by atoms with Crippen molar-refractivity contribution >= 4 is 11.9 Å². The van der Waals surface area contributed by atoms with Gasteiger partial charge in [0.2, 0.25) is 5.91 Å². The van der Waals surface area contributed by atoms with E-state index < -0.39 is 135 Å². The van der Waals surface area contributed by atoms with Gasteiger partial charge in [-0.1, -0.05) is 26.8 Å². The van der Waals surface area contributed by atoms with E-state index in [0.29, 0.717) is 38.5 Å². The quantitative estimate of drug-likeness (QED) is 0.0677. The van der Waals surface area contributed by atoms with Crippen LogP contribution in [0.1, 0.15) is 71.6 Å². The van der Waals surface area contributed by atoms with Crippen molar-refractivity contribution in [3.63, 3.8) is 0 Å². The summed E-state index contributed by atoms with van der Waals surface area (Å²) in [6.45, 7) is 5.86. The smallest absolute Gasteiger partial charge is 0.322 e. The van der Waals surface area contributed by atoms with Crippen LogP contribution in [0.25, 0.3) is 0 Å². The van der Waals surface area contributed by atoms with Crippen LogP contribution in [0.3, 0.4) is 0 Å². The molecule has 7 rings (SSSR count). The van der Waals surface area contributed by atoms with E-state index in [9.17, 15) is 65.8 Å². The summed E-state index contributed by atoms with van der Waals surface area (Å²) in [5.41, 5.74) is -1.70. The van der Waals surface area contributed by atoms with Crippen LogP contribution in [0, 0.1) is 28.1 Å². The first-order valence-electron chi connectivity index (χ1n) is 21.0. The minimum absolute atomic E-state index is 0.0180. The van der Waals surface area contributed by atoms with E-state index in [2.05, 4.69) is 18.8 Å². The minimum Gasteiger partial charge on any atom is -0.480 e. The van der Waals surface area contributed by atoms with Gasteiger partial charge in [-0.2, -0.15) is 0 Å². The predicted molar refractivity (Wildman–Crippen MR) is 200 cm³/mol. The van der Waals surface area contributed by atoms with Crippen LogP contribution in [-0.2, 0) is 38.0 Å². The van der Waals surface area contributed by atoms with Crippen molar-refractivity contribution < 1.29 is 94.2 Å². The number of carboxylic acid groups (broad SMARTS) is 1. The van der Waals surface area contributed by atoms with Gasteiger partial charge in [0, 0.05) is 5.41 Å². The Labute approximate surface area is 347 Å². The average molecular weight is 862 g/mol. The number of carbonyl (C=O) groups is 2. The van der Waals surface area contributed by atoms with Gasteiger partial charge in [-0.25, -0.2) is 0 Å². The molecule has 1 amide bonds. The van der Waals surface area contributed by atoms with Crippen molar-refractivity contribution in [2.75, 3.05) is 26.4 Å². The first-order chi connectivity index (χ1) is 28.3. The zero-order valence-electron chi connectivity index (χ0n) is 33.9. The largest absolute Gasteiger partial charge is 0.480 e. The minimum atomic E-state index is -1.93. The fourth-order valence-corrected chi connectivity index (χ4v) is 12.5. The van der Waals surface area contributed by atoms with E-state index in [1.54, 1.807) is 0 Å². The highest BCUT2D eigenvalue weighted by Gasteiger charge is 2.69. The number of aliphatic carboxylic acids is 1. The maximum absolute atomic E-state index is 13.6. The molecule has 20 nitrogen and oxygen atoms in total. The van der Waals surface area contributed by atoms with Gasteiger partial charge < -0.3 is 89.9 Å². The van der Waals surface area contributed by atoms with Gasteiger partial charge in [0.15, 0.2) is 18.9 Å². The fraction of sp³-hybridized carbons (Fsp3) is 0.900. The normalized spacial score (nSPS) is 51.7. The third-order valence-electron chi connectivity index (χ3n) is 15.5. The first kappa shape index (κ1) is 46.0. The summed E-state index contributed by atoms with van der Waals surface area (Å²) in [5.74, 6) is -1.26. The van der Waals surface area contributed by atoms with Crippen molar-refractivity contribution in [3.05, 3.63) is 12.2 Å². The molecule has 0 aromatic rings. The van der Waals surface area contributed by atoms with E-state index in [0.717, 1.165) is 24.8 Å². The Balaban J connectivity index is 1.19. The first-order valence-corrected chi connectivity index (χ1v) is 21.0. The number of carboxylic acids is 1. The van der Waals surface area contributed by atoms with Gasteiger partial charge in [0.1, 0.15) is 79.8 Å². The van der Waals surface area contributed by atoms with Crippen LogP contribution in [0.4, 0.5) is 0 Å². The third-order valence-corrected chi connectivity index (χ3v) is 15.5. The molecule has 0 aromatic carbocycles. The van der Waals surface area contributed by atoms with Gasteiger partial charge in [-0.3, -0.25) is 9.59 Å². The monoisotopic (exact) mass is 861 g/mol. The molecule has 0 radical (unpaired) electrons. The molecular weight excluding hydrogens is 798 g/mol. The van der Waals surface area contributed by atoms with Crippen LogP contribution < -0.4 is 5.32 Å². The van der Waals surface area contributed by atoms with E-state index >= 15 is 0 Å². The van der Waals surface area contributed by atoms with Crippen molar-refractivity contribution in [1.82, 2.24) is 5.32 Å². The highest BCUT2D eigenvalue weighted by Crippen LogP contribution is 2.73. The third kappa shape index (κ3) is 7.64. The average Bonchev–Trinajstić information content (AvgIpc) is 3.41. The Hall–Kier alpha value is -1.96. The summed E-state index contributed by atoms with van der Waals surface area (Å²) in [7, 11) is 0. The number of aliphatic hydroxyl groups is 10. The summed E-state index contributed by atoms with van der Waals surface area (Å²) in [6.07, 6.45) is -19.8. The van der Waals surface area contributed by atoms with Crippen LogP contribution in [0.5, 0.6) is 0 Å². The van der Waals surface area contributed by atoms with Crippen LogP contribution in [0.15, 0.2) is 12.2 Å². The second-order valence-electron chi connectivity index (χ2n) is 18.8. The molecule has 0 unspecified atom stereocenters. The number of aliphatic hydroxyl groups excluding tert-OH is 10. The molecule has 12 N–H and O–H groups in total. The Morgan fingerprint density at radius 3 is 1.80 bits per heavy atom. The second kappa shape index (κ2) is 17.2. The topological polar surface area (TPSA) is 324 Å². The van der Waals surface area contributed by atoms with Crippen LogP contribution in [0.2, 0.25) is 0 Å². The lowest BCUT2D eigenvalue weighted by atomic mass is 9.40. The molecule has 1 spiro atoms. The number of hydrogen-bond acceptors (Lipinski definition) is 18. The standard InChI is InChI=1S/C40H63NO19/c1-17-11-39-9-5-21-37(2,7-4-8-38(21,3)36(54)41-12-23(45)46)22(39)6-10-40(17,16-39)60-35-32(59-34-30(53)28(51)25(48)19(14-43)56-34)31(26(49)20(15-44)57-35)58-33-29(52)27(50)24(47)18(13-42)55-33/h18-22,24-35,42-44,47-53H,1,4-16H2,2-3H3,(H,41,54)(H,45,46)/t18-,19-,20-,21+,22+,24-,25-,26-,27+,28+,29-,30-,31+,32-,33+,34+,35+,37-,38-,39-,40+/m1/s1. The second-order valence-corrected chi connectivity index (χ2v) is 18.8. The summed E-state index contributed by atoms with van der Waals surface area (Å²) < 4.78 is 36.8. The molecule has 7 fully saturated rings. The van der Waals surface area contributed by atoms with Gasteiger partial charge in [-0.15, -0.1) is 0 Å². The van der Waals surface area contributed by atoms with Crippen molar-refractivity contribution in [2.24, 2.45) is 28.1 Å². The van der Waals surface area contributed by atoms with E-state index in [-0.39, 0.29) is 28.6 Å². The van der Waals surface area contributed by atoms with Crippen LogP contribution in [-0.4, -0.2) is 192 Å². The lowest BCUT2D eigenvalue weighted by Gasteiger charge is -2.64. The summed E-state index contributed by atoms with van der Waals surface area (Å²) in [4.78, 5) is 25.0. The Bertz CT molecular complexity index is 1590. The Morgan fingerprint density at radius 1 is 0.700 bits per heavy atom. The molecule has 2 bridgehead atoms. The van der Waals surface area contributed by atoms with Gasteiger partial charge in [0.05, 0.1) is 25.4 Å². The molecule has 0 aromatic heterocycles. The predicted octanol–water partition coefficient (Wildman–Crippen LogP) is -3.26. The van der Waals surface area contributed by atoms with Gasteiger partial charge >= 0.3 is 5.97 Å². The molecule has 4 aliphatic carbocycles. The van der Waals surface area contributed by atoms with Gasteiger partial charge in [-0.05, 0) is 79.6 Å². The zero-order chi connectivity index (χ0) is 43.7. The van der Waals surface area contributed by atoms with E-state index in [1.165, 1.54) is 0 Å². The van der Waals surface area contributed by atoms with E-state index in [4.69, 9.17) is 28.4 Å². The number of nitrogens with one attached hydrogen (secondary N) is 1. The maximum Gasteiger partial charge on any atom is 0.322 e. The summed E-state index contributed by atoms with van der Waals surface area (Å²) >= 11 is 0. The zero-order valence-corrected chi connectivity index (χ0v) is 33.9. The molecule has 3 aliphatic heterocycles. The van der Waals surface area contributed by atoms with Crippen molar-refractivity contribution in [2.45, 2.75) is 169 Å². The Kier molecular flexibility index (Phi) is 13.2. The van der Waals surface area contributed by atoms with E-state index in [1.807, 2.05) is 6.92 Å². The molecule has 3 heterocycles. The lowest BCUT2D eigenvalue weighted by Crippen LogP contribution is -2.68. The number of rotatable bonds is 12. The number of amides is 1. The number of fused-ring (bicyclic) bond motifs is 3. The number of hydrogen-bond donors (Lipinski definition) is 12. The molecular formula is C40H63NO19. The molecule has 3 saturated heterocycles. The molecule has 4 saturated carbocycles. The fourth-order valence-electron chi connectivity index (χ4n) is 12.5. The highest BCUT2D eigenvalue weighted by molar-refractivity contribution is 5.86.